The zero-order valence-corrected chi connectivity index (χ0v) is 7.48. The van der Waals surface area contributed by atoms with Crippen molar-refractivity contribution in [1.29, 1.82) is 5.41 Å². The summed E-state index contributed by atoms with van der Waals surface area (Å²) in [4.78, 5) is 0. The van der Waals surface area contributed by atoms with Gasteiger partial charge in [0.25, 0.3) is 0 Å². The predicted octanol–water partition coefficient (Wildman–Crippen LogP) is 2.71. The Hall–Kier alpha value is -1.31. The SMILES string of the molecule is C=C.C=CN/C(C)=C\C.C=N. The fourth-order valence-electron chi connectivity index (χ4n) is 0.244. The molecular weight excluding hydrogens is 136 g/mol. The lowest BCUT2D eigenvalue weighted by molar-refractivity contribution is 1.06. The summed E-state index contributed by atoms with van der Waals surface area (Å²) < 4.78 is 0. The van der Waals surface area contributed by atoms with E-state index in [0.717, 1.165) is 5.70 Å². The summed E-state index contributed by atoms with van der Waals surface area (Å²) in [6, 6.07) is 0. The Kier molecular flexibility index (Phi) is 34.7. The minimum Gasteiger partial charge on any atom is -0.366 e. The van der Waals surface area contributed by atoms with Crippen LogP contribution in [0.1, 0.15) is 13.8 Å². The van der Waals surface area contributed by atoms with Crippen LogP contribution in [-0.4, -0.2) is 6.72 Å². The van der Waals surface area contributed by atoms with E-state index in [1.165, 1.54) is 0 Å². The maximum absolute atomic E-state index is 5.50. The second kappa shape index (κ2) is 23.4. The molecule has 0 saturated carbocycles. The molecule has 0 aliphatic carbocycles. The van der Waals surface area contributed by atoms with Crippen LogP contribution in [0.15, 0.2) is 37.7 Å². The van der Waals surface area contributed by atoms with Crippen molar-refractivity contribution in [3.8, 4) is 0 Å². The molecule has 0 aromatic heterocycles. The molecule has 0 bridgehead atoms. The molecule has 0 aliphatic rings. The van der Waals surface area contributed by atoms with Crippen molar-refractivity contribution in [3.05, 3.63) is 37.7 Å². The Morgan fingerprint density at radius 3 is 1.82 bits per heavy atom. The van der Waals surface area contributed by atoms with Crippen molar-refractivity contribution in [2.24, 2.45) is 0 Å². The molecule has 0 spiro atoms. The third-order valence-corrected chi connectivity index (χ3v) is 0.763. The van der Waals surface area contributed by atoms with Gasteiger partial charge in [-0.05, 0) is 26.8 Å². The molecule has 2 heteroatoms. The summed E-state index contributed by atoms with van der Waals surface area (Å²) in [5.74, 6) is 0. The van der Waals surface area contributed by atoms with Gasteiger partial charge in [-0.3, -0.25) is 0 Å². The lowest BCUT2D eigenvalue weighted by Crippen LogP contribution is -1.97. The van der Waals surface area contributed by atoms with Gasteiger partial charge in [-0.25, -0.2) is 0 Å². The highest BCUT2D eigenvalue weighted by Crippen LogP contribution is 1.81. The monoisotopic (exact) mass is 154 g/mol. The third-order valence-electron chi connectivity index (χ3n) is 0.763. The standard InChI is InChI=1S/C6H11N.C2H4.CH3N/c1-4-6(3)7-5-2;2*1-2/h4-5,7H,2H2,1,3H3;1-2H2;2H,1H2/b6-4-;;. The molecule has 0 radical (unpaired) electrons. The number of nitrogens with one attached hydrogen (secondary N) is 2. The highest BCUT2D eigenvalue weighted by molar-refractivity contribution is 5.15. The first-order valence-electron chi connectivity index (χ1n) is 3.17. The molecule has 0 amide bonds. The summed E-state index contributed by atoms with van der Waals surface area (Å²) >= 11 is 0. The maximum atomic E-state index is 5.50. The molecule has 0 aliphatic heterocycles. The van der Waals surface area contributed by atoms with Crippen LogP contribution in [0.5, 0.6) is 0 Å². The average molecular weight is 154 g/mol. The van der Waals surface area contributed by atoms with Gasteiger partial charge in [0.05, 0.1) is 0 Å². The molecular formula is C9H18N2. The first-order chi connectivity index (χ1) is 5.31. The van der Waals surface area contributed by atoms with Crippen molar-refractivity contribution >= 4 is 6.72 Å². The second-order valence-corrected chi connectivity index (χ2v) is 1.32. The molecule has 64 valence electrons. The zero-order valence-electron chi connectivity index (χ0n) is 7.48. The van der Waals surface area contributed by atoms with E-state index in [1.54, 1.807) is 6.20 Å². The Balaban J connectivity index is -0.000000138. The van der Waals surface area contributed by atoms with Gasteiger partial charge in [-0.15, -0.1) is 13.2 Å². The van der Waals surface area contributed by atoms with Gasteiger partial charge in [0.1, 0.15) is 0 Å². The first-order valence-corrected chi connectivity index (χ1v) is 3.17. The van der Waals surface area contributed by atoms with Crippen LogP contribution < -0.4 is 5.32 Å². The fraction of sp³-hybridized carbons (Fsp3) is 0.222. The minimum absolute atomic E-state index is 1.13. The zero-order chi connectivity index (χ0) is 9.70. The molecule has 0 aromatic carbocycles. The van der Waals surface area contributed by atoms with Gasteiger partial charge in [0, 0.05) is 5.70 Å². The Morgan fingerprint density at radius 1 is 1.36 bits per heavy atom. The molecule has 0 unspecified atom stereocenters. The van der Waals surface area contributed by atoms with Crippen LogP contribution in [0.3, 0.4) is 0 Å². The summed E-state index contributed by atoms with van der Waals surface area (Å²) in [6.07, 6.45) is 3.65. The van der Waals surface area contributed by atoms with Gasteiger partial charge in [0.2, 0.25) is 0 Å². The van der Waals surface area contributed by atoms with Crippen LogP contribution in [0.4, 0.5) is 0 Å². The Labute approximate surface area is 69.8 Å². The van der Waals surface area contributed by atoms with E-state index in [1.807, 2.05) is 19.9 Å². The van der Waals surface area contributed by atoms with Gasteiger partial charge in [-0.2, -0.15) is 0 Å². The summed E-state index contributed by atoms with van der Waals surface area (Å²) in [7, 11) is 0. The van der Waals surface area contributed by atoms with E-state index in [-0.39, 0.29) is 0 Å². The molecule has 0 heterocycles. The van der Waals surface area contributed by atoms with Crippen molar-refractivity contribution in [2.75, 3.05) is 0 Å². The largest absolute Gasteiger partial charge is 0.366 e. The highest BCUT2D eigenvalue weighted by atomic mass is 14.8. The fourth-order valence-corrected chi connectivity index (χ4v) is 0.244. The van der Waals surface area contributed by atoms with Gasteiger partial charge >= 0.3 is 0 Å². The van der Waals surface area contributed by atoms with Crippen LogP contribution in [0, 0.1) is 5.41 Å². The van der Waals surface area contributed by atoms with Crippen molar-refractivity contribution in [3.63, 3.8) is 0 Å². The number of allylic oxidation sites excluding steroid dienone is 2. The smallest absolute Gasteiger partial charge is 0.00712 e. The Morgan fingerprint density at radius 2 is 1.73 bits per heavy atom. The van der Waals surface area contributed by atoms with E-state index in [4.69, 9.17) is 5.41 Å². The van der Waals surface area contributed by atoms with E-state index in [0.29, 0.717) is 0 Å². The Bertz CT molecular complexity index is 104. The van der Waals surface area contributed by atoms with E-state index >= 15 is 0 Å². The topological polar surface area (TPSA) is 35.9 Å². The summed E-state index contributed by atoms with van der Waals surface area (Å²) in [6.45, 7) is 16.0. The molecule has 0 saturated heterocycles. The number of rotatable bonds is 2. The van der Waals surface area contributed by atoms with E-state index in [9.17, 15) is 0 Å². The molecule has 0 atom stereocenters. The van der Waals surface area contributed by atoms with Crippen molar-refractivity contribution in [1.82, 2.24) is 5.32 Å². The molecule has 0 fully saturated rings. The minimum atomic E-state index is 1.13. The van der Waals surface area contributed by atoms with E-state index in [2.05, 4.69) is 31.8 Å². The van der Waals surface area contributed by atoms with Crippen LogP contribution in [-0.2, 0) is 0 Å². The van der Waals surface area contributed by atoms with Gasteiger partial charge in [0.15, 0.2) is 0 Å². The average Bonchev–Trinajstić information content (AvgIpc) is 2.12. The lowest BCUT2D eigenvalue weighted by Gasteiger charge is -1.93. The van der Waals surface area contributed by atoms with Crippen LogP contribution in [0.2, 0.25) is 0 Å². The molecule has 2 nitrogen and oxygen atoms in total. The molecule has 2 N–H and O–H groups in total. The summed E-state index contributed by atoms with van der Waals surface area (Å²) in [5, 5.41) is 8.42. The van der Waals surface area contributed by atoms with Gasteiger partial charge in [-0.1, -0.05) is 12.7 Å². The number of hydrogen-bond acceptors (Lipinski definition) is 2. The molecule has 0 aromatic rings. The third kappa shape index (κ3) is 28.6. The quantitative estimate of drug-likeness (QED) is 0.465. The van der Waals surface area contributed by atoms with Gasteiger partial charge < -0.3 is 10.7 Å². The lowest BCUT2D eigenvalue weighted by atomic mass is 10.5. The van der Waals surface area contributed by atoms with Crippen molar-refractivity contribution < 1.29 is 0 Å². The highest BCUT2D eigenvalue weighted by Gasteiger charge is 1.72. The number of hydrogen-bond donors (Lipinski definition) is 2. The van der Waals surface area contributed by atoms with Crippen LogP contribution >= 0.6 is 0 Å². The molecule has 11 heavy (non-hydrogen) atoms. The first kappa shape index (κ1) is 16.3. The predicted molar refractivity (Wildman–Crippen MR) is 53.9 cm³/mol. The van der Waals surface area contributed by atoms with E-state index < -0.39 is 0 Å². The molecule has 0 rings (SSSR count). The second-order valence-electron chi connectivity index (χ2n) is 1.32. The normalized spacial score (nSPS) is 7.64. The van der Waals surface area contributed by atoms with Crippen LogP contribution in [0.25, 0.3) is 0 Å². The summed E-state index contributed by atoms with van der Waals surface area (Å²) in [5.41, 5.74) is 1.13. The van der Waals surface area contributed by atoms with Crippen molar-refractivity contribution in [2.45, 2.75) is 13.8 Å². The maximum Gasteiger partial charge on any atom is 0.00712 e.